The van der Waals surface area contributed by atoms with Crippen LogP contribution >= 0.6 is 11.6 Å². The Morgan fingerprint density at radius 1 is 0.881 bits per heavy atom. The van der Waals surface area contributed by atoms with Crippen molar-refractivity contribution >= 4 is 40.1 Å². The van der Waals surface area contributed by atoms with Crippen LogP contribution in [-0.4, -0.2) is 25.1 Å². The Morgan fingerprint density at radius 2 is 1.62 bits per heavy atom. The number of hydrogen-bond donors (Lipinski definition) is 0. The number of nitrogens with zero attached hydrogens (tertiary/aromatic N) is 1. The highest BCUT2D eigenvalue weighted by atomic mass is 35.5. The third kappa shape index (κ3) is 6.07. The Labute approximate surface area is 250 Å². The summed E-state index contributed by atoms with van der Waals surface area (Å²) in [7, 11) is 0. The maximum absolute atomic E-state index is 13.9. The zero-order valence-electron chi connectivity index (χ0n) is 23.9. The van der Waals surface area contributed by atoms with E-state index in [1.54, 1.807) is 42.5 Å². The molecule has 0 spiro atoms. The second-order valence-corrected chi connectivity index (χ2v) is 10.8. The molecule has 0 fully saturated rings. The van der Waals surface area contributed by atoms with Crippen LogP contribution in [0.1, 0.15) is 90.5 Å². The van der Waals surface area contributed by atoms with E-state index < -0.39 is 17.9 Å². The lowest BCUT2D eigenvalue weighted by atomic mass is 9.98. The van der Waals surface area contributed by atoms with E-state index in [1.165, 1.54) is 11.3 Å². The third-order valence-corrected chi connectivity index (χ3v) is 7.64. The summed E-state index contributed by atoms with van der Waals surface area (Å²) in [5.41, 5.74) is 1.82. The molecule has 5 rings (SSSR count). The van der Waals surface area contributed by atoms with Crippen LogP contribution in [0.4, 0.5) is 5.69 Å². The van der Waals surface area contributed by atoms with Gasteiger partial charge >= 0.3 is 5.97 Å². The lowest BCUT2D eigenvalue weighted by Crippen LogP contribution is -2.29. The summed E-state index contributed by atoms with van der Waals surface area (Å²) in [6.45, 7) is 5.17. The van der Waals surface area contributed by atoms with Crippen LogP contribution in [-0.2, 0) is 4.74 Å². The third-order valence-electron chi connectivity index (χ3n) is 7.41. The summed E-state index contributed by atoms with van der Waals surface area (Å²) < 4.78 is 17.3. The average Bonchev–Trinajstić information content (AvgIpc) is 3.30. The number of esters is 1. The molecule has 1 amide bonds. The molecule has 1 atom stereocenters. The van der Waals surface area contributed by atoms with Gasteiger partial charge in [-0.1, -0.05) is 63.3 Å². The van der Waals surface area contributed by atoms with Crippen LogP contribution in [0.15, 0.2) is 75.9 Å². The molecule has 0 radical (unpaired) electrons. The monoisotopic (exact) mass is 587 g/mol. The first-order valence-corrected chi connectivity index (χ1v) is 14.9. The Morgan fingerprint density at radius 3 is 2.33 bits per heavy atom. The van der Waals surface area contributed by atoms with E-state index in [-0.39, 0.29) is 22.3 Å². The van der Waals surface area contributed by atoms with Crippen LogP contribution in [0.5, 0.6) is 5.75 Å². The fourth-order valence-electron chi connectivity index (χ4n) is 5.14. The Kier molecular flexibility index (Phi) is 9.28. The van der Waals surface area contributed by atoms with Gasteiger partial charge in [-0.05, 0) is 73.0 Å². The Bertz CT molecular complexity index is 1630. The van der Waals surface area contributed by atoms with Gasteiger partial charge in [-0.3, -0.25) is 14.5 Å². The molecule has 1 aliphatic rings. The predicted octanol–water partition coefficient (Wildman–Crippen LogP) is 8.11. The second kappa shape index (κ2) is 13.3. The van der Waals surface area contributed by atoms with Gasteiger partial charge < -0.3 is 13.9 Å². The van der Waals surface area contributed by atoms with Crippen molar-refractivity contribution in [1.29, 1.82) is 0 Å². The standard InChI is InChI=1S/C34H34ClNO6/c1-3-5-7-8-20-40-26-16-11-22(12-17-26)30-29-31(37)27-21-24(35)13-18-28(27)42-32(29)33(38)36(30)25-14-9-23(10-15-25)34(39)41-19-6-4-2/h9-18,21,30H,3-8,19-20H2,1-2H3. The molecular formula is C34H34ClNO6. The maximum atomic E-state index is 13.9. The molecular weight excluding hydrogens is 554 g/mol. The van der Waals surface area contributed by atoms with Gasteiger partial charge in [-0.15, -0.1) is 0 Å². The fraction of sp³-hybridized carbons (Fsp3) is 0.324. The minimum atomic E-state index is -0.756. The summed E-state index contributed by atoms with van der Waals surface area (Å²) in [5, 5.41) is 0.701. The van der Waals surface area contributed by atoms with Crippen molar-refractivity contribution in [3.05, 3.63) is 104 Å². The van der Waals surface area contributed by atoms with Crippen LogP contribution in [0.25, 0.3) is 11.0 Å². The highest BCUT2D eigenvalue weighted by Gasteiger charge is 2.43. The summed E-state index contributed by atoms with van der Waals surface area (Å²) >= 11 is 6.21. The number of benzene rings is 3. The van der Waals surface area contributed by atoms with Crippen LogP contribution in [0.2, 0.25) is 5.02 Å². The molecule has 0 aliphatic carbocycles. The molecule has 0 saturated heterocycles. The molecule has 0 saturated carbocycles. The first-order valence-electron chi connectivity index (χ1n) is 14.5. The fourth-order valence-corrected chi connectivity index (χ4v) is 5.31. The lowest BCUT2D eigenvalue weighted by Gasteiger charge is -2.25. The van der Waals surface area contributed by atoms with E-state index in [0.29, 0.717) is 34.9 Å². The number of amides is 1. The molecule has 8 heteroatoms. The van der Waals surface area contributed by atoms with E-state index in [0.717, 1.165) is 43.4 Å². The molecule has 2 heterocycles. The molecule has 0 bridgehead atoms. The number of ether oxygens (including phenoxy) is 2. The zero-order chi connectivity index (χ0) is 29.6. The molecule has 4 aromatic rings. The molecule has 42 heavy (non-hydrogen) atoms. The zero-order valence-corrected chi connectivity index (χ0v) is 24.6. The van der Waals surface area contributed by atoms with Crippen LogP contribution in [0, 0.1) is 0 Å². The highest BCUT2D eigenvalue weighted by molar-refractivity contribution is 6.31. The Balaban J connectivity index is 1.51. The number of rotatable bonds is 12. The van der Waals surface area contributed by atoms with Gasteiger partial charge in [-0.2, -0.15) is 0 Å². The maximum Gasteiger partial charge on any atom is 0.338 e. The van der Waals surface area contributed by atoms with Gasteiger partial charge in [0.15, 0.2) is 5.43 Å². The summed E-state index contributed by atoms with van der Waals surface area (Å²) in [4.78, 5) is 41.7. The number of anilines is 1. The molecule has 1 aliphatic heterocycles. The smallest absolute Gasteiger partial charge is 0.338 e. The minimum Gasteiger partial charge on any atom is -0.494 e. The van der Waals surface area contributed by atoms with Crippen LogP contribution < -0.4 is 15.1 Å². The number of unbranched alkanes of at least 4 members (excludes halogenated alkanes) is 4. The van der Waals surface area contributed by atoms with E-state index in [9.17, 15) is 14.4 Å². The van der Waals surface area contributed by atoms with Crippen molar-refractivity contribution in [2.45, 2.75) is 58.4 Å². The summed E-state index contributed by atoms with van der Waals surface area (Å²) in [5.74, 6) is -0.167. The van der Waals surface area contributed by atoms with Gasteiger partial charge in [-0.25, -0.2) is 4.79 Å². The van der Waals surface area contributed by atoms with Gasteiger partial charge in [0.05, 0.1) is 35.8 Å². The van der Waals surface area contributed by atoms with Gasteiger partial charge in [0.1, 0.15) is 11.3 Å². The van der Waals surface area contributed by atoms with E-state index in [4.69, 9.17) is 25.5 Å². The highest BCUT2D eigenvalue weighted by Crippen LogP contribution is 2.41. The molecule has 0 N–H and O–H groups in total. The number of carbonyl (C=O) groups excluding carboxylic acids is 2. The van der Waals surface area contributed by atoms with E-state index >= 15 is 0 Å². The van der Waals surface area contributed by atoms with Crippen molar-refractivity contribution in [1.82, 2.24) is 0 Å². The predicted molar refractivity (Wildman–Crippen MR) is 164 cm³/mol. The molecule has 218 valence electrons. The van der Waals surface area contributed by atoms with Crippen LogP contribution in [0.3, 0.4) is 0 Å². The normalized spacial score (nSPS) is 14.3. The minimum absolute atomic E-state index is 0.0147. The van der Waals surface area contributed by atoms with E-state index in [2.05, 4.69) is 6.92 Å². The summed E-state index contributed by atoms with van der Waals surface area (Å²) in [6.07, 6.45) is 6.14. The quantitative estimate of drug-likeness (QED) is 0.123. The lowest BCUT2D eigenvalue weighted by molar-refractivity contribution is 0.0499. The van der Waals surface area contributed by atoms with E-state index in [1.807, 2.05) is 31.2 Å². The first-order chi connectivity index (χ1) is 20.4. The first kappa shape index (κ1) is 29.4. The number of halogens is 1. The average molecular weight is 588 g/mol. The van der Waals surface area contributed by atoms with Gasteiger partial charge in [0.2, 0.25) is 5.76 Å². The van der Waals surface area contributed by atoms with Crippen molar-refractivity contribution in [2.24, 2.45) is 0 Å². The van der Waals surface area contributed by atoms with Crippen molar-refractivity contribution < 1.29 is 23.5 Å². The second-order valence-electron chi connectivity index (χ2n) is 10.4. The Hall–Kier alpha value is -4.10. The number of fused-ring (bicyclic) bond motifs is 2. The molecule has 1 aromatic heterocycles. The topological polar surface area (TPSA) is 86.0 Å². The van der Waals surface area contributed by atoms with Crippen molar-refractivity contribution in [3.8, 4) is 5.75 Å². The molecule has 3 aromatic carbocycles. The SMILES string of the molecule is CCCCCCOc1ccc(C2c3c(oc4ccc(Cl)cc4c3=O)C(=O)N2c2ccc(C(=O)OCCCC)cc2)cc1. The van der Waals surface area contributed by atoms with Gasteiger partial charge in [0.25, 0.3) is 5.91 Å². The number of hydrogen-bond acceptors (Lipinski definition) is 6. The van der Waals surface area contributed by atoms with Crippen molar-refractivity contribution in [2.75, 3.05) is 18.1 Å². The van der Waals surface area contributed by atoms with Crippen molar-refractivity contribution in [3.63, 3.8) is 0 Å². The molecule has 7 nitrogen and oxygen atoms in total. The number of carbonyl (C=O) groups is 2. The van der Waals surface area contributed by atoms with Gasteiger partial charge in [0, 0.05) is 10.7 Å². The largest absolute Gasteiger partial charge is 0.494 e. The molecule has 1 unspecified atom stereocenters. The summed E-state index contributed by atoms with van der Waals surface area (Å²) in [6, 6.07) is 18.1.